The fourth-order valence-corrected chi connectivity index (χ4v) is 1.64. The van der Waals surface area contributed by atoms with Crippen LogP contribution in [-0.2, 0) is 4.79 Å². The van der Waals surface area contributed by atoms with Gasteiger partial charge in [-0.1, -0.05) is 30.3 Å². The smallest absolute Gasteiger partial charge is 0.245 e. The van der Waals surface area contributed by atoms with E-state index in [4.69, 9.17) is 5.73 Å². The summed E-state index contributed by atoms with van der Waals surface area (Å²) in [6.07, 6.45) is 3.33. The Kier molecular flexibility index (Phi) is 3.69. The minimum absolute atomic E-state index is 0.226. The first-order valence-electron chi connectivity index (χ1n) is 5.70. The third kappa shape index (κ3) is 2.73. The number of aromatic nitrogens is 1. The first kappa shape index (κ1) is 12.3. The third-order valence-corrected chi connectivity index (χ3v) is 2.72. The van der Waals surface area contributed by atoms with Crippen molar-refractivity contribution in [2.45, 2.75) is 13.0 Å². The molecule has 92 valence electrons. The molecule has 1 amide bonds. The van der Waals surface area contributed by atoms with Crippen molar-refractivity contribution in [2.24, 2.45) is 5.73 Å². The average molecular weight is 241 g/mol. The number of hydrogen-bond acceptors (Lipinski definition) is 3. The molecular formula is C14H15N3O. The maximum atomic E-state index is 12.0. The molecule has 3 N–H and O–H groups in total. The van der Waals surface area contributed by atoms with Crippen LogP contribution in [-0.4, -0.2) is 10.9 Å². The minimum Gasteiger partial charge on any atom is -0.324 e. The maximum absolute atomic E-state index is 12.0. The van der Waals surface area contributed by atoms with E-state index in [0.29, 0.717) is 0 Å². The van der Waals surface area contributed by atoms with Crippen molar-refractivity contribution in [2.75, 3.05) is 5.32 Å². The molecule has 1 atom stereocenters. The van der Waals surface area contributed by atoms with Crippen LogP contribution >= 0.6 is 0 Å². The maximum Gasteiger partial charge on any atom is 0.245 e. The first-order valence-corrected chi connectivity index (χ1v) is 5.70. The Hall–Kier alpha value is -2.20. The van der Waals surface area contributed by atoms with Gasteiger partial charge in [-0.25, -0.2) is 0 Å². The standard InChI is InChI=1S/C14H15N3O/c1-10-9-16-8-7-12(10)17-14(18)13(15)11-5-3-2-4-6-11/h2-9,13H,15H2,1H3,(H,16,17,18)/t13-/m0/s1. The van der Waals surface area contributed by atoms with Gasteiger partial charge in [0.15, 0.2) is 0 Å². The van der Waals surface area contributed by atoms with Crippen molar-refractivity contribution < 1.29 is 4.79 Å². The van der Waals surface area contributed by atoms with Gasteiger partial charge in [-0.3, -0.25) is 9.78 Å². The summed E-state index contributed by atoms with van der Waals surface area (Å²) in [6.45, 7) is 1.89. The molecule has 0 aliphatic carbocycles. The van der Waals surface area contributed by atoms with E-state index in [9.17, 15) is 4.79 Å². The fourth-order valence-electron chi connectivity index (χ4n) is 1.64. The van der Waals surface area contributed by atoms with Crippen molar-refractivity contribution in [1.82, 2.24) is 4.98 Å². The highest BCUT2D eigenvalue weighted by molar-refractivity contribution is 5.95. The highest BCUT2D eigenvalue weighted by Crippen LogP contribution is 2.15. The number of pyridine rings is 1. The van der Waals surface area contributed by atoms with E-state index < -0.39 is 6.04 Å². The molecule has 18 heavy (non-hydrogen) atoms. The van der Waals surface area contributed by atoms with E-state index in [1.807, 2.05) is 37.3 Å². The van der Waals surface area contributed by atoms with E-state index in [1.165, 1.54) is 0 Å². The largest absolute Gasteiger partial charge is 0.324 e. The lowest BCUT2D eigenvalue weighted by Gasteiger charge is -2.13. The highest BCUT2D eigenvalue weighted by Gasteiger charge is 2.15. The van der Waals surface area contributed by atoms with Gasteiger partial charge in [0.1, 0.15) is 6.04 Å². The number of carbonyl (C=O) groups excluding carboxylic acids is 1. The van der Waals surface area contributed by atoms with Crippen molar-refractivity contribution in [3.8, 4) is 0 Å². The van der Waals surface area contributed by atoms with Crippen LogP contribution in [0.2, 0.25) is 0 Å². The molecule has 0 saturated heterocycles. The Labute approximate surface area is 106 Å². The van der Waals surface area contributed by atoms with Crippen LogP contribution in [0.25, 0.3) is 0 Å². The number of hydrogen-bond donors (Lipinski definition) is 2. The van der Waals surface area contributed by atoms with Crippen molar-refractivity contribution in [1.29, 1.82) is 0 Å². The van der Waals surface area contributed by atoms with Gasteiger partial charge in [-0.15, -0.1) is 0 Å². The molecule has 1 aromatic heterocycles. The van der Waals surface area contributed by atoms with Gasteiger partial charge in [0.2, 0.25) is 5.91 Å². The monoisotopic (exact) mass is 241 g/mol. The number of anilines is 1. The van der Waals surface area contributed by atoms with Crippen molar-refractivity contribution >= 4 is 11.6 Å². The van der Waals surface area contributed by atoms with Gasteiger partial charge in [-0.05, 0) is 24.1 Å². The zero-order chi connectivity index (χ0) is 13.0. The summed E-state index contributed by atoms with van der Waals surface area (Å²) in [6, 6.07) is 10.4. The Morgan fingerprint density at radius 1 is 1.28 bits per heavy atom. The third-order valence-electron chi connectivity index (χ3n) is 2.72. The summed E-state index contributed by atoms with van der Waals surface area (Å²) in [5.41, 5.74) is 8.35. The van der Waals surface area contributed by atoms with Crippen LogP contribution in [0.4, 0.5) is 5.69 Å². The number of benzene rings is 1. The summed E-state index contributed by atoms with van der Waals surface area (Å²) in [5, 5.41) is 2.80. The molecule has 1 heterocycles. The molecule has 0 radical (unpaired) electrons. The van der Waals surface area contributed by atoms with Crippen LogP contribution in [0.1, 0.15) is 17.2 Å². The number of amides is 1. The minimum atomic E-state index is -0.668. The predicted octanol–water partition coefficient (Wildman–Crippen LogP) is 2.03. The van der Waals surface area contributed by atoms with Gasteiger partial charge in [0.05, 0.1) is 0 Å². The molecule has 4 nitrogen and oxygen atoms in total. The number of rotatable bonds is 3. The molecule has 0 saturated carbocycles. The molecule has 2 aromatic rings. The average Bonchev–Trinajstić information content (AvgIpc) is 2.41. The lowest BCUT2D eigenvalue weighted by molar-refractivity contribution is -0.117. The van der Waals surface area contributed by atoms with Gasteiger partial charge < -0.3 is 11.1 Å². The molecule has 0 unspecified atom stereocenters. The zero-order valence-corrected chi connectivity index (χ0v) is 10.1. The molecule has 4 heteroatoms. The van der Waals surface area contributed by atoms with Crippen molar-refractivity contribution in [3.05, 3.63) is 59.9 Å². The molecule has 0 aliphatic heterocycles. The quantitative estimate of drug-likeness (QED) is 0.864. The summed E-state index contributed by atoms with van der Waals surface area (Å²) in [4.78, 5) is 16.0. The second-order valence-electron chi connectivity index (χ2n) is 4.07. The predicted molar refractivity (Wildman–Crippen MR) is 71.0 cm³/mol. The molecule has 0 fully saturated rings. The lowest BCUT2D eigenvalue weighted by Crippen LogP contribution is -2.27. The summed E-state index contributed by atoms with van der Waals surface area (Å²) < 4.78 is 0. The molecule has 1 aromatic carbocycles. The zero-order valence-electron chi connectivity index (χ0n) is 10.1. The van der Waals surface area contributed by atoms with Crippen LogP contribution in [0.15, 0.2) is 48.8 Å². The highest BCUT2D eigenvalue weighted by atomic mass is 16.2. The van der Waals surface area contributed by atoms with Crippen LogP contribution in [0.3, 0.4) is 0 Å². The number of aryl methyl sites for hydroxylation is 1. The lowest BCUT2D eigenvalue weighted by atomic mass is 10.1. The summed E-state index contributed by atoms with van der Waals surface area (Å²) >= 11 is 0. The molecule has 0 spiro atoms. The Bertz CT molecular complexity index is 540. The fraction of sp³-hybridized carbons (Fsp3) is 0.143. The molecule has 0 aliphatic rings. The van der Waals surface area contributed by atoms with E-state index in [-0.39, 0.29) is 5.91 Å². The van der Waals surface area contributed by atoms with Crippen LogP contribution in [0.5, 0.6) is 0 Å². The Morgan fingerprint density at radius 2 is 2.00 bits per heavy atom. The SMILES string of the molecule is Cc1cnccc1NC(=O)[C@@H](N)c1ccccc1. The molecule has 2 rings (SSSR count). The molecular weight excluding hydrogens is 226 g/mol. The number of nitrogens with zero attached hydrogens (tertiary/aromatic N) is 1. The van der Waals surface area contributed by atoms with E-state index in [2.05, 4.69) is 10.3 Å². The van der Waals surface area contributed by atoms with E-state index in [0.717, 1.165) is 16.8 Å². The van der Waals surface area contributed by atoms with Gasteiger partial charge >= 0.3 is 0 Å². The first-order chi connectivity index (χ1) is 8.68. The number of nitrogens with one attached hydrogen (secondary N) is 1. The van der Waals surface area contributed by atoms with Gasteiger partial charge in [-0.2, -0.15) is 0 Å². The summed E-state index contributed by atoms with van der Waals surface area (Å²) in [5.74, 6) is -0.226. The van der Waals surface area contributed by atoms with Crippen LogP contribution in [0, 0.1) is 6.92 Å². The van der Waals surface area contributed by atoms with Crippen LogP contribution < -0.4 is 11.1 Å². The normalized spacial score (nSPS) is 11.9. The topological polar surface area (TPSA) is 68.0 Å². The van der Waals surface area contributed by atoms with Gasteiger partial charge in [0.25, 0.3) is 0 Å². The van der Waals surface area contributed by atoms with Crippen molar-refractivity contribution in [3.63, 3.8) is 0 Å². The number of carbonyl (C=O) groups is 1. The van der Waals surface area contributed by atoms with Gasteiger partial charge in [0, 0.05) is 18.1 Å². The Morgan fingerprint density at radius 3 is 2.67 bits per heavy atom. The second kappa shape index (κ2) is 5.42. The van der Waals surface area contributed by atoms with E-state index in [1.54, 1.807) is 18.5 Å². The van der Waals surface area contributed by atoms with E-state index >= 15 is 0 Å². The number of nitrogens with two attached hydrogens (primary N) is 1. The summed E-state index contributed by atoms with van der Waals surface area (Å²) in [7, 11) is 0. The molecule has 0 bridgehead atoms. The second-order valence-corrected chi connectivity index (χ2v) is 4.07. The Balaban J connectivity index is 2.12.